The van der Waals surface area contributed by atoms with E-state index in [9.17, 15) is 14.4 Å². The van der Waals surface area contributed by atoms with E-state index in [2.05, 4.69) is 15.7 Å². The highest BCUT2D eigenvalue weighted by atomic mass is 16.2. The van der Waals surface area contributed by atoms with Crippen LogP contribution in [0.4, 0.5) is 5.69 Å². The average molecular weight is 427 g/mol. The van der Waals surface area contributed by atoms with Crippen LogP contribution >= 0.6 is 0 Å². The highest BCUT2D eigenvalue weighted by Crippen LogP contribution is 2.14. The molecule has 0 radical (unpaired) electrons. The van der Waals surface area contributed by atoms with Gasteiger partial charge in [0.1, 0.15) is 5.70 Å². The van der Waals surface area contributed by atoms with Crippen LogP contribution in [0, 0.1) is 0 Å². The number of hydrogen-bond donors (Lipinski definition) is 2. The Bertz CT molecular complexity index is 1370. The molecule has 2 heterocycles. The summed E-state index contributed by atoms with van der Waals surface area (Å²) in [6, 6.07) is 21.7. The van der Waals surface area contributed by atoms with Gasteiger partial charge in [0.15, 0.2) is 5.65 Å². The van der Waals surface area contributed by atoms with Gasteiger partial charge in [-0.1, -0.05) is 48.5 Å². The van der Waals surface area contributed by atoms with Gasteiger partial charge in [-0.25, -0.2) is 9.48 Å². The highest BCUT2D eigenvalue weighted by Gasteiger charge is 2.13. The number of benzene rings is 2. The van der Waals surface area contributed by atoms with Gasteiger partial charge in [-0.15, -0.1) is 5.10 Å². The van der Waals surface area contributed by atoms with Crippen molar-refractivity contribution in [3.63, 3.8) is 0 Å². The lowest BCUT2D eigenvalue weighted by molar-refractivity contribution is -0.120. The Kier molecular flexibility index (Phi) is 5.94. The maximum Gasteiger partial charge on any atom is 0.350 e. The van der Waals surface area contributed by atoms with Crippen LogP contribution in [0.5, 0.6) is 0 Å². The van der Waals surface area contributed by atoms with Gasteiger partial charge in [0.25, 0.3) is 5.91 Å². The maximum atomic E-state index is 12.8. The summed E-state index contributed by atoms with van der Waals surface area (Å²) in [6.07, 6.45) is 3.28. The summed E-state index contributed by atoms with van der Waals surface area (Å²) in [5.41, 5.74) is 2.56. The van der Waals surface area contributed by atoms with Crippen molar-refractivity contribution >= 4 is 29.2 Å². The smallest absolute Gasteiger partial charge is 0.322 e. The number of amides is 2. The first kappa shape index (κ1) is 20.8. The number of rotatable bonds is 6. The van der Waals surface area contributed by atoms with E-state index in [1.54, 1.807) is 42.6 Å². The van der Waals surface area contributed by atoms with Crippen LogP contribution in [0.15, 0.2) is 89.5 Å². The van der Waals surface area contributed by atoms with Gasteiger partial charge >= 0.3 is 5.69 Å². The molecule has 8 nitrogen and oxygen atoms in total. The minimum Gasteiger partial charge on any atom is -0.322 e. The highest BCUT2D eigenvalue weighted by molar-refractivity contribution is 6.08. The Morgan fingerprint density at radius 3 is 2.53 bits per heavy atom. The molecule has 0 aliphatic heterocycles. The minimum absolute atomic E-state index is 0.130. The fourth-order valence-corrected chi connectivity index (χ4v) is 3.25. The second-order valence-electron chi connectivity index (χ2n) is 7.17. The van der Waals surface area contributed by atoms with E-state index in [0.29, 0.717) is 11.3 Å². The monoisotopic (exact) mass is 427 g/mol. The molecule has 2 aromatic heterocycles. The largest absolute Gasteiger partial charge is 0.350 e. The fourth-order valence-electron chi connectivity index (χ4n) is 3.25. The lowest BCUT2D eigenvalue weighted by atomic mass is 10.1. The van der Waals surface area contributed by atoms with Crippen molar-refractivity contribution < 1.29 is 9.59 Å². The van der Waals surface area contributed by atoms with Gasteiger partial charge in [0.2, 0.25) is 5.91 Å². The molecular weight excluding hydrogens is 406 g/mol. The third-order valence-electron chi connectivity index (χ3n) is 4.67. The van der Waals surface area contributed by atoms with Crippen molar-refractivity contribution in [2.75, 3.05) is 5.32 Å². The summed E-state index contributed by atoms with van der Waals surface area (Å²) >= 11 is 0. The minimum atomic E-state index is -0.453. The van der Waals surface area contributed by atoms with E-state index in [1.165, 1.54) is 16.0 Å². The number of nitrogens with zero attached hydrogens (tertiary/aromatic N) is 3. The van der Waals surface area contributed by atoms with Crippen LogP contribution in [0.25, 0.3) is 11.7 Å². The summed E-state index contributed by atoms with van der Waals surface area (Å²) in [5, 5.41) is 9.71. The fraction of sp³-hybridized carbons (Fsp3) is 0.0833. The molecule has 0 saturated heterocycles. The van der Waals surface area contributed by atoms with E-state index in [0.717, 1.165) is 11.1 Å². The molecule has 0 unspecified atom stereocenters. The number of hydrogen-bond acceptors (Lipinski definition) is 4. The van der Waals surface area contributed by atoms with E-state index < -0.39 is 5.91 Å². The maximum absolute atomic E-state index is 12.8. The molecule has 4 rings (SSSR count). The van der Waals surface area contributed by atoms with Crippen molar-refractivity contribution in [3.8, 4) is 0 Å². The normalized spacial score (nSPS) is 11.3. The Morgan fingerprint density at radius 2 is 1.78 bits per heavy atom. The molecular formula is C24H21N5O3. The van der Waals surface area contributed by atoms with Crippen LogP contribution in [-0.2, 0) is 16.1 Å². The number of carbonyl (C=O) groups is 2. The van der Waals surface area contributed by atoms with Crippen molar-refractivity contribution in [3.05, 3.63) is 106 Å². The molecule has 0 bridgehead atoms. The number of carbonyl (C=O) groups excluding carboxylic acids is 2. The molecule has 2 N–H and O–H groups in total. The first-order valence-electron chi connectivity index (χ1n) is 9.98. The number of aromatic nitrogens is 3. The summed E-state index contributed by atoms with van der Waals surface area (Å²) < 4.78 is 2.84. The molecule has 2 aromatic carbocycles. The molecule has 0 atom stereocenters. The number of nitrogens with one attached hydrogen (secondary N) is 2. The second kappa shape index (κ2) is 9.13. The third kappa shape index (κ3) is 4.81. The van der Waals surface area contributed by atoms with Crippen LogP contribution in [0.3, 0.4) is 0 Å². The Hall–Kier alpha value is -4.46. The SMILES string of the molecule is CC(=O)NC(=Cc1ccccc1)C(=O)Nc1cccc(Cn2nc3ccccn3c2=O)c1. The Labute approximate surface area is 183 Å². The molecule has 32 heavy (non-hydrogen) atoms. The molecule has 0 fully saturated rings. The first-order chi connectivity index (χ1) is 15.5. The van der Waals surface area contributed by atoms with E-state index >= 15 is 0 Å². The second-order valence-corrected chi connectivity index (χ2v) is 7.17. The van der Waals surface area contributed by atoms with Crippen LogP contribution in [-0.4, -0.2) is 26.0 Å². The lowest BCUT2D eigenvalue weighted by Crippen LogP contribution is -2.29. The molecule has 0 aliphatic carbocycles. The summed E-state index contributed by atoms with van der Waals surface area (Å²) in [7, 11) is 0. The van der Waals surface area contributed by atoms with Gasteiger partial charge in [-0.2, -0.15) is 0 Å². The van der Waals surface area contributed by atoms with Crippen molar-refractivity contribution in [2.45, 2.75) is 13.5 Å². The predicted molar refractivity (Wildman–Crippen MR) is 122 cm³/mol. The van der Waals surface area contributed by atoms with E-state index in [1.807, 2.05) is 42.5 Å². The molecule has 0 spiro atoms. The van der Waals surface area contributed by atoms with E-state index in [4.69, 9.17) is 0 Å². The van der Waals surface area contributed by atoms with Gasteiger partial charge in [0.05, 0.1) is 6.54 Å². The third-order valence-corrected chi connectivity index (χ3v) is 4.67. The quantitative estimate of drug-likeness (QED) is 0.462. The zero-order valence-corrected chi connectivity index (χ0v) is 17.4. The van der Waals surface area contributed by atoms with Gasteiger partial charge in [0, 0.05) is 18.8 Å². The Morgan fingerprint density at radius 1 is 1.00 bits per heavy atom. The van der Waals surface area contributed by atoms with Gasteiger partial charge in [-0.05, 0) is 41.5 Å². The number of fused-ring (bicyclic) bond motifs is 1. The van der Waals surface area contributed by atoms with Crippen molar-refractivity contribution in [1.82, 2.24) is 19.5 Å². The van der Waals surface area contributed by atoms with Gasteiger partial charge < -0.3 is 10.6 Å². The molecule has 160 valence electrons. The molecule has 4 aromatic rings. The Balaban J connectivity index is 1.55. The van der Waals surface area contributed by atoms with Gasteiger partial charge in [-0.3, -0.25) is 14.0 Å². The predicted octanol–water partition coefficient (Wildman–Crippen LogP) is 2.66. The average Bonchev–Trinajstić information content (AvgIpc) is 3.09. The standard InChI is InChI=1S/C24H21N5O3/c1-17(30)25-21(15-18-8-3-2-4-9-18)23(31)26-20-11-7-10-19(14-20)16-29-24(32)28-13-6-5-12-22(28)27-29/h2-15H,16H2,1H3,(H,25,30)(H,26,31). The topological polar surface area (TPSA) is 97.5 Å². The van der Waals surface area contributed by atoms with Crippen LogP contribution in [0.2, 0.25) is 0 Å². The number of anilines is 1. The van der Waals surface area contributed by atoms with Crippen molar-refractivity contribution in [1.29, 1.82) is 0 Å². The summed E-state index contributed by atoms with van der Waals surface area (Å²) in [4.78, 5) is 36.9. The molecule has 8 heteroatoms. The molecule has 0 saturated carbocycles. The molecule has 0 aliphatic rings. The van der Waals surface area contributed by atoms with Crippen molar-refractivity contribution in [2.24, 2.45) is 0 Å². The zero-order chi connectivity index (χ0) is 22.5. The lowest BCUT2D eigenvalue weighted by Gasteiger charge is -2.11. The van der Waals surface area contributed by atoms with Crippen LogP contribution < -0.4 is 16.3 Å². The van der Waals surface area contributed by atoms with E-state index in [-0.39, 0.29) is 23.8 Å². The first-order valence-corrected chi connectivity index (χ1v) is 9.98. The summed E-state index contributed by atoms with van der Waals surface area (Å²) in [5.74, 6) is -0.798. The molecule has 2 amide bonds. The number of pyridine rings is 1. The van der Waals surface area contributed by atoms with Crippen LogP contribution in [0.1, 0.15) is 18.1 Å². The summed E-state index contributed by atoms with van der Waals surface area (Å²) in [6.45, 7) is 1.60. The zero-order valence-electron chi connectivity index (χ0n) is 17.4.